The standard InChI is InChI=1S/C19H19NO4/c1-15(21)14-20(18(22)16-8-4-2-5-9-16)12-13-24-19(23)17-10-6-3-7-11-17/h2-11H,12-14H2,1H3. The average molecular weight is 325 g/mol. The molecule has 0 aliphatic carbocycles. The first kappa shape index (κ1) is 17.4. The Morgan fingerprint density at radius 1 is 0.875 bits per heavy atom. The summed E-state index contributed by atoms with van der Waals surface area (Å²) in [5.74, 6) is -0.847. The first-order chi connectivity index (χ1) is 11.6. The van der Waals surface area contributed by atoms with Crippen molar-refractivity contribution in [3.05, 3.63) is 71.8 Å². The average Bonchev–Trinajstić information content (AvgIpc) is 2.61. The van der Waals surface area contributed by atoms with Gasteiger partial charge >= 0.3 is 5.97 Å². The zero-order valence-electron chi connectivity index (χ0n) is 13.5. The van der Waals surface area contributed by atoms with Crippen LogP contribution in [0.15, 0.2) is 60.7 Å². The summed E-state index contributed by atoms with van der Waals surface area (Å²) in [5.41, 5.74) is 0.943. The van der Waals surface area contributed by atoms with Gasteiger partial charge in [-0.05, 0) is 31.2 Å². The van der Waals surface area contributed by atoms with Gasteiger partial charge in [-0.15, -0.1) is 0 Å². The van der Waals surface area contributed by atoms with Crippen molar-refractivity contribution in [2.24, 2.45) is 0 Å². The van der Waals surface area contributed by atoms with Crippen LogP contribution >= 0.6 is 0 Å². The van der Waals surface area contributed by atoms with Crippen LogP contribution in [0.5, 0.6) is 0 Å². The lowest BCUT2D eigenvalue weighted by Crippen LogP contribution is -2.37. The van der Waals surface area contributed by atoms with E-state index in [0.29, 0.717) is 11.1 Å². The molecule has 2 aromatic rings. The minimum Gasteiger partial charge on any atom is -0.460 e. The second-order valence-corrected chi connectivity index (χ2v) is 5.30. The van der Waals surface area contributed by atoms with Crippen molar-refractivity contribution >= 4 is 17.7 Å². The molecule has 0 unspecified atom stereocenters. The van der Waals surface area contributed by atoms with Crippen LogP contribution < -0.4 is 0 Å². The highest BCUT2D eigenvalue weighted by Crippen LogP contribution is 2.06. The van der Waals surface area contributed by atoms with Crippen LogP contribution in [0.4, 0.5) is 0 Å². The highest BCUT2D eigenvalue weighted by Gasteiger charge is 2.17. The van der Waals surface area contributed by atoms with Gasteiger partial charge in [0.1, 0.15) is 12.4 Å². The summed E-state index contributed by atoms with van der Waals surface area (Å²) >= 11 is 0. The van der Waals surface area contributed by atoms with Crippen molar-refractivity contribution < 1.29 is 19.1 Å². The topological polar surface area (TPSA) is 63.7 Å². The maximum atomic E-state index is 12.5. The summed E-state index contributed by atoms with van der Waals surface area (Å²) in [4.78, 5) is 37.1. The summed E-state index contributed by atoms with van der Waals surface area (Å²) < 4.78 is 5.18. The third-order valence-electron chi connectivity index (χ3n) is 3.33. The fourth-order valence-electron chi connectivity index (χ4n) is 2.19. The van der Waals surface area contributed by atoms with Gasteiger partial charge in [0.25, 0.3) is 5.91 Å². The Hall–Kier alpha value is -2.95. The number of Topliss-reactive ketones (excluding diaryl/α,β-unsaturated/α-hetero) is 1. The van der Waals surface area contributed by atoms with E-state index in [4.69, 9.17) is 4.74 Å². The third kappa shape index (κ3) is 5.05. The van der Waals surface area contributed by atoms with Crippen LogP contribution in [0.2, 0.25) is 0 Å². The number of amides is 1. The Balaban J connectivity index is 1.95. The molecular formula is C19H19NO4. The van der Waals surface area contributed by atoms with E-state index in [1.807, 2.05) is 12.1 Å². The third-order valence-corrected chi connectivity index (χ3v) is 3.33. The molecule has 2 rings (SSSR count). The Kier molecular flexibility index (Phi) is 6.25. The monoisotopic (exact) mass is 325 g/mol. The number of hydrogen-bond acceptors (Lipinski definition) is 4. The van der Waals surface area contributed by atoms with Crippen molar-refractivity contribution in [3.63, 3.8) is 0 Å². The van der Waals surface area contributed by atoms with Crippen molar-refractivity contribution in [1.29, 1.82) is 0 Å². The number of benzene rings is 2. The van der Waals surface area contributed by atoms with Gasteiger partial charge in [-0.1, -0.05) is 36.4 Å². The van der Waals surface area contributed by atoms with Crippen molar-refractivity contribution in [3.8, 4) is 0 Å². The Bertz CT molecular complexity index is 698. The molecule has 5 heteroatoms. The lowest BCUT2D eigenvalue weighted by atomic mass is 10.2. The molecule has 24 heavy (non-hydrogen) atoms. The maximum absolute atomic E-state index is 12.5. The summed E-state index contributed by atoms with van der Waals surface area (Å²) in [7, 11) is 0. The smallest absolute Gasteiger partial charge is 0.338 e. The molecule has 0 saturated carbocycles. The summed E-state index contributed by atoms with van der Waals surface area (Å²) in [6, 6.07) is 17.3. The van der Waals surface area contributed by atoms with Gasteiger partial charge in [0, 0.05) is 5.56 Å². The van der Waals surface area contributed by atoms with Gasteiger partial charge in [-0.2, -0.15) is 0 Å². The highest BCUT2D eigenvalue weighted by atomic mass is 16.5. The molecule has 0 radical (unpaired) electrons. The molecule has 0 bridgehead atoms. The molecule has 5 nitrogen and oxygen atoms in total. The van der Waals surface area contributed by atoms with Crippen LogP contribution in [0.1, 0.15) is 27.6 Å². The Morgan fingerprint density at radius 2 is 1.42 bits per heavy atom. The molecule has 0 heterocycles. The zero-order valence-corrected chi connectivity index (χ0v) is 13.5. The molecule has 2 aromatic carbocycles. The van der Waals surface area contributed by atoms with Gasteiger partial charge in [-0.25, -0.2) is 4.79 Å². The number of rotatable bonds is 7. The minimum absolute atomic E-state index is 0.0172. The number of ether oxygens (including phenoxy) is 1. The molecule has 0 fully saturated rings. The van der Waals surface area contributed by atoms with E-state index in [9.17, 15) is 14.4 Å². The van der Waals surface area contributed by atoms with Gasteiger partial charge in [0.2, 0.25) is 0 Å². The number of nitrogens with zero attached hydrogens (tertiary/aromatic N) is 1. The Labute approximate surface area is 140 Å². The first-order valence-corrected chi connectivity index (χ1v) is 7.64. The zero-order chi connectivity index (χ0) is 17.4. The number of carbonyl (C=O) groups is 3. The van der Waals surface area contributed by atoms with Crippen LogP contribution in [-0.4, -0.2) is 42.3 Å². The molecule has 1 amide bonds. The molecule has 0 spiro atoms. The number of esters is 1. The largest absolute Gasteiger partial charge is 0.460 e. The summed E-state index contributed by atoms with van der Waals surface area (Å²) in [6.45, 7) is 1.59. The van der Waals surface area contributed by atoms with Crippen LogP contribution in [0, 0.1) is 0 Å². The van der Waals surface area contributed by atoms with Crippen molar-refractivity contribution in [2.45, 2.75) is 6.92 Å². The molecule has 0 N–H and O–H groups in total. The second kappa shape index (κ2) is 8.62. The van der Waals surface area contributed by atoms with E-state index in [0.717, 1.165) is 0 Å². The van der Waals surface area contributed by atoms with E-state index in [-0.39, 0.29) is 31.4 Å². The lowest BCUT2D eigenvalue weighted by Gasteiger charge is -2.21. The van der Waals surface area contributed by atoms with Crippen molar-refractivity contribution in [1.82, 2.24) is 4.90 Å². The van der Waals surface area contributed by atoms with Crippen LogP contribution in [0.25, 0.3) is 0 Å². The summed E-state index contributed by atoms with van der Waals surface area (Å²) in [5, 5.41) is 0. The van der Waals surface area contributed by atoms with E-state index >= 15 is 0 Å². The molecule has 0 aliphatic rings. The van der Waals surface area contributed by atoms with Gasteiger partial charge < -0.3 is 9.64 Å². The number of ketones is 1. The highest BCUT2D eigenvalue weighted by molar-refractivity contribution is 5.96. The first-order valence-electron chi connectivity index (χ1n) is 7.64. The van der Waals surface area contributed by atoms with Crippen molar-refractivity contribution in [2.75, 3.05) is 19.7 Å². The quantitative estimate of drug-likeness (QED) is 0.734. The second-order valence-electron chi connectivity index (χ2n) is 5.30. The molecule has 0 atom stereocenters. The molecular weight excluding hydrogens is 306 g/mol. The Morgan fingerprint density at radius 3 is 1.96 bits per heavy atom. The molecule has 0 aliphatic heterocycles. The van der Waals surface area contributed by atoms with Crippen LogP contribution in [0.3, 0.4) is 0 Å². The molecule has 0 aromatic heterocycles. The van der Waals surface area contributed by atoms with Gasteiger partial charge in [0.05, 0.1) is 18.7 Å². The van der Waals surface area contributed by atoms with Crippen LogP contribution in [-0.2, 0) is 9.53 Å². The number of carbonyl (C=O) groups excluding carboxylic acids is 3. The lowest BCUT2D eigenvalue weighted by molar-refractivity contribution is -0.117. The van der Waals surface area contributed by atoms with E-state index in [2.05, 4.69) is 0 Å². The van der Waals surface area contributed by atoms with Gasteiger partial charge in [-0.3, -0.25) is 9.59 Å². The molecule has 124 valence electrons. The normalized spacial score (nSPS) is 10.0. The fourth-order valence-corrected chi connectivity index (χ4v) is 2.19. The maximum Gasteiger partial charge on any atom is 0.338 e. The van der Waals surface area contributed by atoms with E-state index < -0.39 is 5.97 Å². The van der Waals surface area contributed by atoms with E-state index in [1.165, 1.54) is 11.8 Å². The van der Waals surface area contributed by atoms with E-state index in [1.54, 1.807) is 48.5 Å². The predicted octanol–water partition coefficient (Wildman–Crippen LogP) is 2.57. The summed E-state index contributed by atoms with van der Waals surface area (Å²) in [6.07, 6.45) is 0. The fraction of sp³-hybridized carbons (Fsp3) is 0.211. The van der Waals surface area contributed by atoms with Gasteiger partial charge in [0.15, 0.2) is 0 Å². The number of hydrogen-bond donors (Lipinski definition) is 0. The predicted molar refractivity (Wildman–Crippen MR) is 89.8 cm³/mol. The minimum atomic E-state index is -0.453. The molecule has 0 saturated heterocycles. The SMILES string of the molecule is CC(=O)CN(CCOC(=O)c1ccccc1)C(=O)c1ccccc1.